The Morgan fingerprint density at radius 1 is 1.17 bits per heavy atom. The van der Waals surface area contributed by atoms with Crippen molar-refractivity contribution in [1.29, 1.82) is 0 Å². The molecule has 0 aromatic heterocycles. The highest BCUT2D eigenvalue weighted by atomic mass is 16.2. The Balaban J connectivity index is 2.03. The average Bonchev–Trinajstić information content (AvgIpc) is 2.78. The Labute approximate surface area is 138 Å². The van der Waals surface area contributed by atoms with Gasteiger partial charge >= 0.3 is 0 Å². The van der Waals surface area contributed by atoms with Gasteiger partial charge in [-0.3, -0.25) is 14.5 Å². The van der Waals surface area contributed by atoms with E-state index in [2.05, 4.69) is 25.7 Å². The minimum Gasteiger partial charge on any atom is -0.336 e. The molecule has 0 saturated carbocycles. The van der Waals surface area contributed by atoms with Crippen LogP contribution in [0.25, 0.3) is 0 Å². The van der Waals surface area contributed by atoms with Gasteiger partial charge in [0.05, 0.1) is 17.0 Å². The third-order valence-corrected chi connectivity index (χ3v) is 5.13. The molecule has 2 aliphatic rings. The molecule has 0 aliphatic carbocycles. The summed E-state index contributed by atoms with van der Waals surface area (Å²) in [6.07, 6.45) is 0. The van der Waals surface area contributed by atoms with Crippen molar-refractivity contribution in [2.24, 2.45) is 10.8 Å². The topological polar surface area (TPSA) is 40.6 Å². The molecule has 1 saturated heterocycles. The van der Waals surface area contributed by atoms with Gasteiger partial charge in [0.2, 0.25) is 0 Å². The van der Waals surface area contributed by atoms with Crippen molar-refractivity contribution in [3.05, 3.63) is 35.4 Å². The minimum absolute atomic E-state index is 0.0414. The number of likely N-dealkylation sites (tertiary alicyclic amines) is 1. The van der Waals surface area contributed by atoms with Crippen LogP contribution in [0.4, 0.5) is 0 Å². The van der Waals surface area contributed by atoms with Crippen LogP contribution >= 0.6 is 0 Å². The molecule has 0 N–H and O–H groups in total. The van der Waals surface area contributed by atoms with Gasteiger partial charge in [0.15, 0.2) is 5.78 Å². The lowest BCUT2D eigenvalue weighted by molar-refractivity contribution is 0.0606. The fourth-order valence-corrected chi connectivity index (χ4v) is 4.15. The summed E-state index contributed by atoms with van der Waals surface area (Å²) < 4.78 is 0. The standard InChI is InChI=1S/C19H26N2O2/c1-18(2,3)11-21-10-15-19(4,12-21)16(22)13-8-6-7-9-14(13)17(23)20(15)5/h6-9,15H,10-12H2,1-5H3/t15-,19+/m1/s1. The summed E-state index contributed by atoms with van der Waals surface area (Å²) in [5, 5.41) is 0. The second kappa shape index (κ2) is 5.17. The summed E-state index contributed by atoms with van der Waals surface area (Å²) in [5.41, 5.74) is 0.746. The number of fused-ring (bicyclic) bond motifs is 2. The van der Waals surface area contributed by atoms with Crippen molar-refractivity contribution in [2.45, 2.75) is 33.7 Å². The van der Waals surface area contributed by atoms with Crippen LogP contribution in [0.1, 0.15) is 48.4 Å². The fourth-order valence-electron chi connectivity index (χ4n) is 4.15. The lowest BCUT2D eigenvalue weighted by atomic mass is 9.78. The quantitative estimate of drug-likeness (QED) is 0.800. The monoisotopic (exact) mass is 314 g/mol. The number of ketones is 1. The summed E-state index contributed by atoms with van der Waals surface area (Å²) >= 11 is 0. The van der Waals surface area contributed by atoms with E-state index >= 15 is 0 Å². The first kappa shape index (κ1) is 16.2. The van der Waals surface area contributed by atoms with Gasteiger partial charge in [-0.25, -0.2) is 0 Å². The van der Waals surface area contributed by atoms with Crippen LogP contribution in [0.15, 0.2) is 24.3 Å². The Morgan fingerprint density at radius 3 is 2.39 bits per heavy atom. The lowest BCUT2D eigenvalue weighted by Gasteiger charge is -2.32. The first-order valence-corrected chi connectivity index (χ1v) is 8.27. The van der Waals surface area contributed by atoms with E-state index in [9.17, 15) is 9.59 Å². The molecule has 1 aromatic carbocycles. The Kier molecular flexibility index (Phi) is 3.64. The second-order valence-corrected chi connectivity index (χ2v) is 8.45. The first-order chi connectivity index (χ1) is 10.6. The largest absolute Gasteiger partial charge is 0.336 e. The molecular weight excluding hydrogens is 288 g/mol. The van der Waals surface area contributed by atoms with Crippen LogP contribution in [-0.2, 0) is 0 Å². The SMILES string of the molecule is CN1C(=O)c2ccccc2C(=O)[C@@]2(C)CN(CC(C)(C)C)C[C@@H]12. The number of amides is 1. The molecule has 23 heavy (non-hydrogen) atoms. The van der Waals surface area contributed by atoms with E-state index in [0.717, 1.165) is 13.1 Å². The summed E-state index contributed by atoms with van der Waals surface area (Å²) in [6.45, 7) is 11.0. The van der Waals surface area contributed by atoms with Gasteiger partial charge in [-0.2, -0.15) is 0 Å². The second-order valence-electron chi connectivity index (χ2n) is 8.45. The molecule has 0 spiro atoms. The molecule has 0 bridgehead atoms. The normalized spacial score (nSPS) is 28.6. The Morgan fingerprint density at radius 2 is 1.78 bits per heavy atom. The van der Waals surface area contributed by atoms with Crippen molar-refractivity contribution < 1.29 is 9.59 Å². The number of nitrogens with zero attached hydrogens (tertiary/aromatic N) is 2. The van der Waals surface area contributed by atoms with Crippen LogP contribution in [0.5, 0.6) is 0 Å². The highest BCUT2D eigenvalue weighted by molar-refractivity contribution is 6.12. The number of Topliss-reactive ketones (excluding diaryl/α,β-unsaturated/α-hetero) is 1. The van der Waals surface area contributed by atoms with E-state index in [1.54, 1.807) is 17.0 Å². The summed E-state index contributed by atoms with van der Waals surface area (Å²) in [5.74, 6) is 0.0625. The molecule has 4 nitrogen and oxygen atoms in total. The van der Waals surface area contributed by atoms with Crippen molar-refractivity contribution in [3.63, 3.8) is 0 Å². The zero-order chi connectivity index (χ0) is 17.0. The molecule has 0 radical (unpaired) electrons. The number of carbonyl (C=O) groups excluding carboxylic acids is 2. The van der Waals surface area contributed by atoms with Gasteiger partial charge in [-0.15, -0.1) is 0 Å². The molecule has 1 fully saturated rings. The van der Waals surface area contributed by atoms with Crippen molar-refractivity contribution >= 4 is 11.7 Å². The van der Waals surface area contributed by atoms with Gasteiger partial charge in [-0.05, 0) is 18.4 Å². The third-order valence-electron chi connectivity index (χ3n) is 5.13. The maximum atomic E-state index is 13.2. The summed E-state index contributed by atoms with van der Waals surface area (Å²) in [7, 11) is 1.83. The molecule has 4 heteroatoms. The Hall–Kier alpha value is -1.68. The molecule has 1 aromatic rings. The van der Waals surface area contributed by atoms with E-state index < -0.39 is 5.41 Å². The third kappa shape index (κ3) is 2.59. The number of hydrogen-bond acceptors (Lipinski definition) is 3. The predicted octanol–water partition coefficient (Wildman–Crippen LogP) is 2.69. The number of hydrogen-bond donors (Lipinski definition) is 0. The average molecular weight is 314 g/mol. The molecule has 3 rings (SSSR count). The highest BCUT2D eigenvalue weighted by Gasteiger charge is 2.54. The van der Waals surface area contributed by atoms with E-state index in [-0.39, 0.29) is 23.1 Å². The lowest BCUT2D eigenvalue weighted by Crippen LogP contribution is -2.48. The van der Waals surface area contributed by atoms with Gasteiger partial charge in [0.1, 0.15) is 0 Å². The minimum atomic E-state index is -0.539. The van der Waals surface area contributed by atoms with Gasteiger partial charge in [0, 0.05) is 32.2 Å². The Bertz CT molecular complexity index is 662. The first-order valence-electron chi connectivity index (χ1n) is 8.27. The number of benzene rings is 1. The number of carbonyl (C=O) groups is 2. The molecule has 1 amide bonds. The van der Waals surface area contributed by atoms with Crippen LogP contribution < -0.4 is 0 Å². The summed E-state index contributed by atoms with van der Waals surface area (Å²) in [4.78, 5) is 30.2. The molecule has 2 atom stereocenters. The maximum Gasteiger partial charge on any atom is 0.254 e. The zero-order valence-corrected chi connectivity index (χ0v) is 14.7. The molecular formula is C19H26N2O2. The van der Waals surface area contributed by atoms with E-state index in [1.165, 1.54) is 0 Å². The van der Waals surface area contributed by atoms with Crippen molar-refractivity contribution in [3.8, 4) is 0 Å². The molecule has 124 valence electrons. The van der Waals surface area contributed by atoms with Crippen LogP contribution in [0.2, 0.25) is 0 Å². The smallest absolute Gasteiger partial charge is 0.254 e. The van der Waals surface area contributed by atoms with Crippen molar-refractivity contribution in [2.75, 3.05) is 26.7 Å². The van der Waals surface area contributed by atoms with E-state index in [0.29, 0.717) is 17.7 Å². The van der Waals surface area contributed by atoms with Crippen LogP contribution in [-0.4, -0.2) is 54.2 Å². The van der Waals surface area contributed by atoms with Gasteiger partial charge < -0.3 is 4.90 Å². The van der Waals surface area contributed by atoms with E-state index in [4.69, 9.17) is 0 Å². The number of rotatable bonds is 1. The van der Waals surface area contributed by atoms with Gasteiger partial charge in [0.25, 0.3) is 5.91 Å². The van der Waals surface area contributed by atoms with Crippen LogP contribution in [0, 0.1) is 10.8 Å². The van der Waals surface area contributed by atoms with Crippen LogP contribution in [0.3, 0.4) is 0 Å². The molecule has 2 aliphatic heterocycles. The molecule has 0 unspecified atom stereocenters. The maximum absolute atomic E-state index is 13.2. The fraction of sp³-hybridized carbons (Fsp3) is 0.579. The van der Waals surface area contributed by atoms with Gasteiger partial charge in [-0.1, -0.05) is 39.0 Å². The number of likely N-dealkylation sites (N-methyl/N-ethyl adjacent to an activating group) is 1. The summed E-state index contributed by atoms with van der Waals surface area (Å²) in [6, 6.07) is 7.16. The predicted molar refractivity (Wildman–Crippen MR) is 90.7 cm³/mol. The van der Waals surface area contributed by atoms with E-state index in [1.807, 2.05) is 26.1 Å². The zero-order valence-electron chi connectivity index (χ0n) is 14.7. The van der Waals surface area contributed by atoms with Crippen molar-refractivity contribution in [1.82, 2.24) is 9.80 Å². The highest BCUT2D eigenvalue weighted by Crippen LogP contribution is 2.41. The molecule has 2 heterocycles.